The number of ether oxygens (including phenoxy) is 1. The molecule has 0 aliphatic carbocycles. The fourth-order valence-electron chi connectivity index (χ4n) is 4.56. The van der Waals surface area contributed by atoms with Gasteiger partial charge < -0.3 is 15.4 Å². The van der Waals surface area contributed by atoms with Gasteiger partial charge in [0.1, 0.15) is 0 Å². The molecular formula is C23H33N5O. The van der Waals surface area contributed by atoms with Gasteiger partial charge in [0.15, 0.2) is 0 Å². The van der Waals surface area contributed by atoms with Crippen LogP contribution in [-0.2, 0) is 4.74 Å². The second-order valence-electron chi connectivity index (χ2n) is 9.01. The van der Waals surface area contributed by atoms with E-state index in [4.69, 9.17) is 9.72 Å². The average Bonchev–Trinajstić information content (AvgIpc) is 2.69. The van der Waals surface area contributed by atoms with Crippen LogP contribution < -0.4 is 10.6 Å². The molecule has 2 N–H and O–H groups in total. The summed E-state index contributed by atoms with van der Waals surface area (Å²) in [5.41, 5.74) is 6.14. The Morgan fingerprint density at radius 3 is 2.86 bits per heavy atom. The molecule has 1 aromatic carbocycles. The van der Waals surface area contributed by atoms with E-state index in [2.05, 4.69) is 60.3 Å². The normalized spacial score (nSPS) is 21.3. The SMILES string of the molecule is Cc1cc2c(cc1-c1ccnc(NCCN3CCOCC3)n1)NC(C)(C)C[C@@H]2C. The van der Waals surface area contributed by atoms with E-state index in [9.17, 15) is 0 Å². The Hall–Kier alpha value is -2.18. The number of anilines is 2. The molecule has 0 saturated carbocycles. The van der Waals surface area contributed by atoms with E-state index in [0.29, 0.717) is 11.9 Å². The number of rotatable bonds is 5. The third-order valence-electron chi connectivity index (χ3n) is 5.96. The highest BCUT2D eigenvalue weighted by molar-refractivity contribution is 5.73. The second-order valence-corrected chi connectivity index (χ2v) is 9.01. The zero-order valence-electron chi connectivity index (χ0n) is 18.1. The summed E-state index contributed by atoms with van der Waals surface area (Å²) in [7, 11) is 0. The van der Waals surface area contributed by atoms with Crippen molar-refractivity contribution in [2.24, 2.45) is 0 Å². The van der Waals surface area contributed by atoms with Crippen LogP contribution in [0, 0.1) is 6.92 Å². The van der Waals surface area contributed by atoms with Gasteiger partial charge in [0.05, 0.1) is 18.9 Å². The second kappa shape index (κ2) is 8.28. The topological polar surface area (TPSA) is 62.3 Å². The average molecular weight is 396 g/mol. The third-order valence-corrected chi connectivity index (χ3v) is 5.96. The lowest BCUT2D eigenvalue weighted by Crippen LogP contribution is -2.39. The lowest BCUT2D eigenvalue weighted by atomic mass is 9.80. The van der Waals surface area contributed by atoms with Gasteiger partial charge in [-0.1, -0.05) is 13.0 Å². The molecule has 0 unspecified atom stereocenters. The largest absolute Gasteiger partial charge is 0.380 e. The van der Waals surface area contributed by atoms with Crippen LogP contribution in [-0.4, -0.2) is 59.8 Å². The molecule has 0 radical (unpaired) electrons. The molecule has 0 spiro atoms. The standard InChI is InChI=1S/C23H33N5O/c1-16-13-18-17(2)15-23(3,4)27-21(18)14-19(16)20-5-6-24-22(26-20)25-7-8-28-9-11-29-12-10-28/h5-6,13-14,17,27H,7-12,15H2,1-4H3,(H,24,25,26)/t17-/m0/s1. The molecule has 1 aromatic heterocycles. The zero-order valence-corrected chi connectivity index (χ0v) is 18.1. The molecule has 1 fully saturated rings. The molecular weight excluding hydrogens is 362 g/mol. The van der Waals surface area contributed by atoms with Crippen LogP contribution in [0.3, 0.4) is 0 Å². The van der Waals surface area contributed by atoms with E-state index in [-0.39, 0.29) is 5.54 Å². The molecule has 156 valence electrons. The van der Waals surface area contributed by atoms with Gasteiger partial charge in [-0.25, -0.2) is 9.97 Å². The van der Waals surface area contributed by atoms with Crippen molar-refractivity contribution in [3.8, 4) is 11.3 Å². The first kappa shape index (κ1) is 20.1. The van der Waals surface area contributed by atoms with Gasteiger partial charge in [-0.3, -0.25) is 4.90 Å². The van der Waals surface area contributed by atoms with Crippen LogP contribution >= 0.6 is 0 Å². The summed E-state index contributed by atoms with van der Waals surface area (Å²) in [6.07, 6.45) is 2.99. The Morgan fingerprint density at radius 1 is 1.28 bits per heavy atom. The van der Waals surface area contributed by atoms with Crippen LogP contribution in [0.15, 0.2) is 24.4 Å². The van der Waals surface area contributed by atoms with Gasteiger partial charge in [-0.15, -0.1) is 0 Å². The van der Waals surface area contributed by atoms with Gasteiger partial charge in [0.2, 0.25) is 5.95 Å². The summed E-state index contributed by atoms with van der Waals surface area (Å²) >= 11 is 0. The van der Waals surface area contributed by atoms with Gasteiger partial charge in [-0.2, -0.15) is 0 Å². The lowest BCUT2D eigenvalue weighted by molar-refractivity contribution is 0.0398. The number of hydrogen-bond donors (Lipinski definition) is 2. The maximum Gasteiger partial charge on any atom is 0.223 e. The zero-order chi connectivity index (χ0) is 20.4. The summed E-state index contributed by atoms with van der Waals surface area (Å²) in [4.78, 5) is 11.6. The van der Waals surface area contributed by atoms with Crippen molar-refractivity contribution >= 4 is 11.6 Å². The van der Waals surface area contributed by atoms with Crippen LogP contribution in [0.5, 0.6) is 0 Å². The van der Waals surface area contributed by atoms with Crippen LogP contribution in [0.2, 0.25) is 0 Å². The van der Waals surface area contributed by atoms with Crippen molar-refractivity contribution in [2.45, 2.75) is 45.6 Å². The van der Waals surface area contributed by atoms with Crippen molar-refractivity contribution in [2.75, 3.05) is 50.0 Å². The van der Waals surface area contributed by atoms with E-state index >= 15 is 0 Å². The summed E-state index contributed by atoms with van der Waals surface area (Å²) in [6.45, 7) is 14.5. The number of benzene rings is 1. The van der Waals surface area contributed by atoms with Gasteiger partial charge >= 0.3 is 0 Å². The fourth-order valence-corrected chi connectivity index (χ4v) is 4.56. The highest BCUT2D eigenvalue weighted by Crippen LogP contribution is 2.41. The van der Waals surface area contributed by atoms with Gasteiger partial charge in [-0.05, 0) is 56.4 Å². The number of morpholine rings is 1. The lowest BCUT2D eigenvalue weighted by Gasteiger charge is -2.38. The first-order valence-corrected chi connectivity index (χ1v) is 10.7. The van der Waals surface area contributed by atoms with E-state index in [1.807, 2.05) is 12.3 Å². The Kier molecular flexibility index (Phi) is 5.74. The molecule has 2 aromatic rings. The van der Waals surface area contributed by atoms with E-state index in [1.54, 1.807) is 0 Å². The highest BCUT2D eigenvalue weighted by atomic mass is 16.5. The van der Waals surface area contributed by atoms with Crippen LogP contribution in [0.4, 0.5) is 11.6 Å². The van der Waals surface area contributed by atoms with Gasteiger partial charge in [0.25, 0.3) is 0 Å². The summed E-state index contributed by atoms with van der Waals surface area (Å²) < 4.78 is 5.41. The molecule has 2 aliphatic rings. The Labute approximate surface area is 174 Å². The fraction of sp³-hybridized carbons (Fsp3) is 0.565. The van der Waals surface area contributed by atoms with E-state index in [1.165, 1.54) is 22.4 Å². The minimum absolute atomic E-state index is 0.108. The predicted octanol–water partition coefficient (Wildman–Crippen LogP) is 3.89. The molecule has 6 heteroatoms. The number of aromatic nitrogens is 2. The molecule has 2 aliphatic heterocycles. The Morgan fingerprint density at radius 2 is 2.07 bits per heavy atom. The minimum atomic E-state index is 0.108. The predicted molar refractivity (Wildman–Crippen MR) is 119 cm³/mol. The monoisotopic (exact) mass is 395 g/mol. The molecule has 0 amide bonds. The molecule has 3 heterocycles. The first-order valence-electron chi connectivity index (χ1n) is 10.7. The molecule has 1 atom stereocenters. The molecule has 4 rings (SSSR count). The quantitative estimate of drug-likeness (QED) is 0.801. The van der Waals surface area contributed by atoms with E-state index < -0.39 is 0 Å². The number of aryl methyl sites for hydroxylation is 1. The minimum Gasteiger partial charge on any atom is -0.380 e. The maximum atomic E-state index is 5.41. The Balaban J connectivity index is 1.50. The van der Waals surface area contributed by atoms with Crippen molar-refractivity contribution < 1.29 is 4.74 Å². The summed E-state index contributed by atoms with van der Waals surface area (Å²) in [6, 6.07) is 6.59. The number of fused-ring (bicyclic) bond motifs is 1. The van der Waals surface area contributed by atoms with E-state index in [0.717, 1.165) is 51.5 Å². The van der Waals surface area contributed by atoms with Crippen LogP contribution in [0.25, 0.3) is 11.3 Å². The first-order chi connectivity index (χ1) is 13.9. The third kappa shape index (κ3) is 4.70. The number of nitrogens with one attached hydrogen (secondary N) is 2. The molecule has 1 saturated heterocycles. The smallest absolute Gasteiger partial charge is 0.223 e. The number of nitrogens with zero attached hydrogens (tertiary/aromatic N) is 3. The summed E-state index contributed by atoms with van der Waals surface area (Å²) in [5.74, 6) is 1.24. The highest BCUT2D eigenvalue weighted by Gasteiger charge is 2.29. The Bertz CT molecular complexity index is 860. The van der Waals surface area contributed by atoms with Gasteiger partial charge in [0, 0.05) is 49.2 Å². The van der Waals surface area contributed by atoms with Crippen molar-refractivity contribution in [3.05, 3.63) is 35.5 Å². The van der Waals surface area contributed by atoms with Crippen LogP contribution in [0.1, 0.15) is 44.2 Å². The van der Waals surface area contributed by atoms with Crippen molar-refractivity contribution in [1.82, 2.24) is 14.9 Å². The molecule has 0 bridgehead atoms. The maximum absolute atomic E-state index is 5.41. The van der Waals surface area contributed by atoms with Crippen molar-refractivity contribution in [1.29, 1.82) is 0 Å². The molecule has 29 heavy (non-hydrogen) atoms. The summed E-state index contributed by atoms with van der Waals surface area (Å²) in [5, 5.41) is 7.10. The molecule has 6 nitrogen and oxygen atoms in total. The number of hydrogen-bond acceptors (Lipinski definition) is 6. The van der Waals surface area contributed by atoms with Crippen molar-refractivity contribution in [3.63, 3.8) is 0 Å².